The van der Waals surface area contributed by atoms with E-state index < -0.39 is 10.0 Å². The van der Waals surface area contributed by atoms with Gasteiger partial charge >= 0.3 is 0 Å². The minimum Gasteiger partial charge on any atom is -0.296 e. The first-order valence-corrected chi connectivity index (χ1v) is 9.43. The monoisotopic (exact) mass is 348 g/mol. The summed E-state index contributed by atoms with van der Waals surface area (Å²) in [5.74, 6) is -0.216. The number of hydrogen-bond donors (Lipinski definition) is 0. The van der Waals surface area contributed by atoms with Gasteiger partial charge in [0.25, 0.3) is 0 Å². The molecule has 1 aliphatic rings. The zero-order chi connectivity index (χ0) is 17.2. The highest BCUT2D eigenvalue weighted by atomic mass is 32.2. The van der Waals surface area contributed by atoms with Gasteiger partial charge in [0.15, 0.2) is 0 Å². The molecule has 1 saturated heterocycles. The van der Waals surface area contributed by atoms with Crippen LogP contribution in [0.1, 0.15) is 11.1 Å². The lowest BCUT2D eigenvalue weighted by molar-refractivity contribution is 0.180. The molecule has 0 radical (unpaired) electrons. The minimum atomic E-state index is -3.45. The molecule has 1 heterocycles. The summed E-state index contributed by atoms with van der Waals surface area (Å²) in [6.07, 6.45) is 0. The van der Waals surface area contributed by atoms with Gasteiger partial charge in [0, 0.05) is 38.3 Å². The SMILES string of the molecule is Cc1ccc(S(=O)(=O)N2CCN(Cc3ccccc3F)CC2)cc1. The summed E-state index contributed by atoms with van der Waals surface area (Å²) in [6.45, 7) is 4.47. The van der Waals surface area contributed by atoms with Crippen LogP contribution in [0.25, 0.3) is 0 Å². The number of hydrogen-bond acceptors (Lipinski definition) is 3. The van der Waals surface area contributed by atoms with Crippen LogP contribution in [0.2, 0.25) is 0 Å². The zero-order valence-corrected chi connectivity index (χ0v) is 14.5. The van der Waals surface area contributed by atoms with Gasteiger partial charge in [0.05, 0.1) is 4.90 Å². The number of sulfonamides is 1. The van der Waals surface area contributed by atoms with Gasteiger partial charge in [0.1, 0.15) is 5.82 Å². The van der Waals surface area contributed by atoms with Gasteiger partial charge in [-0.2, -0.15) is 4.31 Å². The molecular weight excluding hydrogens is 327 g/mol. The van der Waals surface area contributed by atoms with Crippen LogP contribution in [0.5, 0.6) is 0 Å². The lowest BCUT2D eigenvalue weighted by atomic mass is 10.2. The second-order valence-corrected chi connectivity index (χ2v) is 8.02. The van der Waals surface area contributed by atoms with Crippen LogP contribution in [0.4, 0.5) is 4.39 Å². The van der Waals surface area contributed by atoms with Crippen molar-refractivity contribution in [3.05, 3.63) is 65.5 Å². The number of nitrogens with zero attached hydrogens (tertiary/aromatic N) is 2. The number of piperazine rings is 1. The molecule has 24 heavy (non-hydrogen) atoms. The molecule has 2 aromatic carbocycles. The highest BCUT2D eigenvalue weighted by molar-refractivity contribution is 7.89. The number of rotatable bonds is 4. The normalized spacial score (nSPS) is 17.1. The molecule has 0 saturated carbocycles. The molecule has 0 aromatic heterocycles. The molecule has 0 amide bonds. The van der Waals surface area contributed by atoms with E-state index in [1.54, 1.807) is 36.4 Å². The summed E-state index contributed by atoms with van der Waals surface area (Å²) >= 11 is 0. The Kier molecular flexibility index (Phi) is 4.99. The van der Waals surface area contributed by atoms with Crippen LogP contribution in [0.15, 0.2) is 53.4 Å². The molecule has 0 bridgehead atoms. The van der Waals surface area contributed by atoms with Crippen LogP contribution in [-0.4, -0.2) is 43.8 Å². The molecule has 1 fully saturated rings. The molecule has 3 rings (SSSR count). The molecule has 2 aromatic rings. The van der Waals surface area contributed by atoms with E-state index in [-0.39, 0.29) is 5.82 Å². The topological polar surface area (TPSA) is 40.6 Å². The van der Waals surface area contributed by atoms with Crippen LogP contribution in [-0.2, 0) is 16.6 Å². The van der Waals surface area contributed by atoms with Crippen molar-refractivity contribution in [3.63, 3.8) is 0 Å². The Morgan fingerprint density at radius 1 is 0.958 bits per heavy atom. The smallest absolute Gasteiger partial charge is 0.243 e. The van der Waals surface area contributed by atoms with Crippen LogP contribution >= 0.6 is 0 Å². The maximum absolute atomic E-state index is 13.7. The third kappa shape index (κ3) is 3.66. The Morgan fingerprint density at radius 3 is 2.21 bits per heavy atom. The van der Waals surface area contributed by atoms with E-state index in [1.165, 1.54) is 10.4 Å². The Bertz CT molecular complexity index is 798. The lowest BCUT2D eigenvalue weighted by Gasteiger charge is -2.34. The zero-order valence-electron chi connectivity index (χ0n) is 13.7. The molecule has 0 N–H and O–H groups in total. The summed E-state index contributed by atoms with van der Waals surface area (Å²) in [6, 6.07) is 13.6. The quantitative estimate of drug-likeness (QED) is 0.853. The van der Waals surface area contributed by atoms with Gasteiger partial charge in [-0.1, -0.05) is 35.9 Å². The summed E-state index contributed by atoms with van der Waals surface area (Å²) in [4.78, 5) is 2.41. The molecule has 0 atom stereocenters. The Hall–Kier alpha value is -1.76. The van der Waals surface area contributed by atoms with E-state index in [2.05, 4.69) is 4.90 Å². The number of benzene rings is 2. The molecule has 6 heteroatoms. The molecule has 1 aliphatic heterocycles. The van der Waals surface area contributed by atoms with Crippen molar-refractivity contribution >= 4 is 10.0 Å². The van der Waals surface area contributed by atoms with E-state index in [4.69, 9.17) is 0 Å². The van der Waals surface area contributed by atoms with E-state index >= 15 is 0 Å². The maximum Gasteiger partial charge on any atom is 0.243 e. The van der Waals surface area contributed by atoms with E-state index in [0.717, 1.165) is 5.56 Å². The Balaban J connectivity index is 1.64. The first-order valence-electron chi connectivity index (χ1n) is 7.99. The highest BCUT2D eigenvalue weighted by Crippen LogP contribution is 2.19. The van der Waals surface area contributed by atoms with Crippen LogP contribution in [0, 0.1) is 12.7 Å². The summed E-state index contributed by atoms with van der Waals surface area (Å²) in [7, 11) is -3.45. The third-order valence-electron chi connectivity index (χ3n) is 4.34. The third-order valence-corrected chi connectivity index (χ3v) is 6.25. The van der Waals surface area contributed by atoms with Crippen LogP contribution in [0.3, 0.4) is 0 Å². The average molecular weight is 348 g/mol. The van der Waals surface area contributed by atoms with Gasteiger partial charge < -0.3 is 0 Å². The fraction of sp³-hybridized carbons (Fsp3) is 0.333. The van der Waals surface area contributed by atoms with Crippen molar-refractivity contribution in [3.8, 4) is 0 Å². The Morgan fingerprint density at radius 2 is 1.58 bits per heavy atom. The van der Waals surface area contributed by atoms with E-state index in [9.17, 15) is 12.8 Å². The maximum atomic E-state index is 13.7. The summed E-state index contributed by atoms with van der Waals surface area (Å²) in [5, 5.41) is 0. The van der Waals surface area contributed by atoms with Gasteiger partial charge in [-0.05, 0) is 25.1 Å². The molecule has 4 nitrogen and oxygen atoms in total. The minimum absolute atomic E-state index is 0.216. The lowest BCUT2D eigenvalue weighted by Crippen LogP contribution is -2.48. The predicted octanol–water partition coefficient (Wildman–Crippen LogP) is 2.64. The van der Waals surface area contributed by atoms with Crippen molar-refractivity contribution in [1.29, 1.82) is 0 Å². The van der Waals surface area contributed by atoms with E-state index in [0.29, 0.717) is 43.2 Å². The van der Waals surface area contributed by atoms with Gasteiger partial charge in [-0.15, -0.1) is 0 Å². The molecular formula is C18H21FN2O2S. The molecule has 128 valence electrons. The number of aryl methyl sites for hydroxylation is 1. The molecule has 0 aliphatic carbocycles. The summed E-state index contributed by atoms with van der Waals surface area (Å²) < 4.78 is 40.6. The van der Waals surface area contributed by atoms with Gasteiger partial charge in [-0.3, -0.25) is 4.90 Å². The molecule has 0 unspecified atom stereocenters. The van der Waals surface area contributed by atoms with Crippen molar-refractivity contribution < 1.29 is 12.8 Å². The van der Waals surface area contributed by atoms with Gasteiger partial charge in [-0.25, -0.2) is 12.8 Å². The standard InChI is InChI=1S/C18H21FN2O2S/c1-15-6-8-17(9-7-15)24(22,23)21-12-10-20(11-13-21)14-16-4-2-3-5-18(16)19/h2-9H,10-14H2,1H3. The van der Waals surface area contributed by atoms with Crippen molar-refractivity contribution in [1.82, 2.24) is 9.21 Å². The van der Waals surface area contributed by atoms with Crippen molar-refractivity contribution in [2.75, 3.05) is 26.2 Å². The van der Waals surface area contributed by atoms with Crippen molar-refractivity contribution in [2.45, 2.75) is 18.4 Å². The van der Waals surface area contributed by atoms with Gasteiger partial charge in [0.2, 0.25) is 10.0 Å². The second kappa shape index (κ2) is 7.01. The predicted molar refractivity (Wildman–Crippen MR) is 91.6 cm³/mol. The average Bonchev–Trinajstić information content (AvgIpc) is 2.58. The second-order valence-electron chi connectivity index (χ2n) is 6.08. The Labute approximate surface area is 142 Å². The fourth-order valence-electron chi connectivity index (χ4n) is 2.85. The highest BCUT2D eigenvalue weighted by Gasteiger charge is 2.28. The largest absolute Gasteiger partial charge is 0.296 e. The molecule has 0 spiro atoms. The number of halogens is 1. The van der Waals surface area contributed by atoms with E-state index in [1.807, 2.05) is 13.0 Å². The first kappa shape index (κ1) is 17.1. The summed E-state index contributed by atoms with van der Waals surface area (Å²) in [5.41, 5.74) is 1.68. The van der Waals surface area contributed by atoms with Crippen LogP contribution < -0.4 is 0 Å². The first-order chi connectivity index (χ1) is 11.5. The fourth-order valence-corrected chi connectivity index (χ4v) is 4.28. The van der Waals surface area contributed by atoms with Crippen molar-refractivity contribution in [2.24, 2.45) is 0 Å².